The summed E-state index contributed by atoms with van der Waals surface area (Å²) < 4.78 is 11.3. The highest BCUT2D eigenvalue weighted by atomic mass is 16.5. The Bertz CT molecular complexity index is 1390. The minimum absolute atomic E-state index is 0.0591. The Morgan fingerprint density at radius 3 is 2.65 bits per heavy atom. The van der Waals surface area contributed by atoms with Crippen molar-refractivity contribution in [1.82, 2.24) is 35.9 Å². The van der Waals surface area contributed by atoms with Crippen LogP contribution >= 0.6 is 0 Å². The van der Waals surface area contributed by atoms with Crippen LogP contribution in [-0.4, -0.2) is 99.1 Å². The fraction of sp³-hybridized carbons (Fsp3) is 0.417. The summed E-state index contributed by atoms with van der Waals surface area (Å²) in [6, 6.07) is 6.73. The van der Waals surface area contributed by atoms with Crippen LogP contribution in [0.5, 0.6) is 5.75 Å². The number of benzene rings is 1. The fourth-order valence-corrected chi connectivity index (χ4v) is 4.21. The Morgan fingerprint density at radius 2 is 1.95 bits per heavy atom. The van der Waals surface area contributed by atoms with E-state index in [9.17, 15) is 9.59 Å². The standard InChI is InChI=1S/C24H26B3N9O4/c1-39-20-14(23-31-18(35-40-23)12-36-9-7-28-8-10-36)3-2-4-15(20)29-16-11-17(30-21(37)13-5-6-13)33-34-19(16)22(38)32-24(25,26)27/h2-4,11,13,28H,5-10,12H2,1H3,(H,32,38)(H2,29,30,33,37). The van der Waals surface area contributed by atoms with Gasteiger partial charge in [-0.05, 0) is 25.0 Å². The topological polar surface area (TPSA) is 159 Å². The smallest absolute Gasteiger partial charge is 0.272 e. The van der Waals surface area contributed by atoms with E-state index in [1.165, 1.54) is 13.2 Å². The maximum atomic E-state index is 12.9. The number of hydrogen-bond donors (Lipinski definition) is 4. The number of carbonyl (C=O) groups excluding carboxylic acids is 2. The zero-order chi connectivity index (χ0) is 28.3. The molecule has 4 N–H and O–H groups in total. The first-order valence-electron chi connectivity index (χ1n) is 12.8. The second-order valence-corrected chi connectivity index (χ2v) is 9.70. The van der Waals surface area contributed by atoms with Gasteiger partial charge in [0.25, 0.3) is 11.8 Å². The molecular weight excluding hydrogens is 511 g/mol. The van der Waals surface area contributed by atoms with Crippen LogP contribution in [0.3, 0.4) is 0 Å². The summed E-state index contributed by atoms with van der Waals surface area (Å²) in [6.07, 6.45) is 1.63. The predicted molar refractivity (Wildman–Crippen MR) is 149 cm³/mol. The first-order valence-corrected chi connectivity index (χ1v) is 12.8. The maximum Gasteiger partial charge on any atom is 0.272 e. The number of aromatic nitrogens is 4. The summed E-state index contributed by atoms with van der Waals surface area (Å²) in [7, 11) is 18.1. The van der Waals surface area contributed by atoms with Crippen molar-refractivity contribution < 1.29 is 18.8 Å². The average Bonchev–Trinajstić information content (AvgIpc) is 3.67. The van der Waals surface area contributed by atoms with Crippen LogP contribution in [0, 0.1) is 5.92 Å². The van der Waals surface area contributed by atoms with Crippen molar-refractivity contribution in [2.75, 3.05) is 43.9 Å². The van der Waals surface area contributed by atoms with Gasteiger partial charge in [-0.15, -0.1) is 10.2 Å². The summed E-state index contributed by atoms with van der Waals surface area (Å²) >= 11 is 0. The first-order chi connectivity index (χ1) is 19.2. The Labute approximate surface area is 234 Å². The second-order valence-electron chi connectivity index (χ2n) is 9.70. The number of nitrogens with one attached hydrogen (secondary N) is 4. The number of ether oxygens (including phenoxy) is 1. The Balaban J connectivity index is 1.44. The van der Waals surface area contributed by atoms with Crippen molar-refractivity contribution in [2.45, 2.75) is 24.6 Å². The van der Waals surface area contributed by atoms with E-state index in [2.05, 4.69) is 46.5 Å². The van der Waals surface area contributed by atoms with Crippen LogP contribution in [0.4, 0.5) is 17.2 Å². The van der Waals surface area contributed by atoms with Gasteiger partial charge >= 0.3 is 0 Å². The summed E-state index contributed by atoms with van der Waals surface area (Å²) in [5.41, 5.74) is 0.997. The van der Waals surface area contributed by atoms with Crippen molar-refractivity contribution in [1.29, 1.82) is 0 Å². The zero-order valence-corrected chi connectivity index (χ0v) is 21.9. The molecule has 5 rings (SSSR count). The van der Waals surface area contributed by atoms with E-state index in [0.29, 0.717) is 29.4 Å². The summed E-state index contributed by atoms with van der Waals surface area (Å²) in [4.78, 5) is 32.0. The lowest BCUT2D eigenvalue weighted by Gasteiger charge is -2.25. The lowest BCUT2D eigenvalue weighted by molar-refractivity contribution is -0.117. The van der Waals surface area contributed by atoms with Crippen LogP contribution in [0.15, 0.2) is 28.8 Å². The monoisotopic (exact) mass is 537 g/mol. The van der Waals surface area contributed by atoms with Gasteiger partial charge in [-0.2, -0.15) is 4.98 Å². The fourth-order valence-electron chi connectivity index (χ4n) is 4.21. The molecule has 0 bridgehead atoms. The van der Waals surface area contributed by atoms with Gasteiger partial charge in [-0.1, -0.05) is 16.5 Å². The number of carbonyl (C=O) groups is 2. The molecule has 0 atom stereocenters. The Hall–Kier alpha value is -3.91. The van der Waals surface area contributed by atoms with Crippen molar-refractivity contribution in [3.63, 3.8) is 0 Å². The molecule has 1 aromatic carbocycles. The lowest BCUT2D eigenvalue weighted by Crippen LogP contribution is -2.50. The molecule has 1 saturated heterocycles. The molecule has 200 valence electrons. The zero-order valence-electron chi connectivity index (χ0n) is 21.9. The highest BCUT2D eigenvalue weighted by molar-refractivity contribution is 6.60. The van der Waals surface area contributed by atoms with E-state index in [-0.39, 0.29) is 34.9 Å². The van der Waals surface area contributed by atoms with Gasteiger partial charge in [-0.3, -0.25) is 14.5 Å². The quantitative estimate of drug-likeness (QED) is 0.256. The van der Waals surface area contributed by atoms with Crippen LogP contribution in [-0.2, 0) is 11.3 Å². The Kier molecular flexibility index (Phi) is 8.08. The number of para-hydroxylation sites is 1. The molecule has 3 aromatic rings. The molecule has 2 fully saturated rings. The van der Waals surface area contributed by atoms with Crippen molar-refractivity contribution >= 4 is 52.5 Å². The molecule has 13 nitrogen and oxygen atoms in total. The number of methoxy groups -OCH3 is 1. The first kappa shape index (κ1) is 27.7. The third-order valence-corrected chi connectivity index (χ3v) is 6.30. The molecule has 6 radical (unpaired) electrons. The van der Waals surface area contributed by atoms with E-state index >= 15 is 0 Å². The molecule has 40 heavy (non-hydrogen) atoms. The number of amides is 2. The van der Waals surface area contributed by atoms with E-state index < -0.39 is 11.1 Å². The molecule has 1 saturated carbocycles. The van der Waals surface area contributed by atoms with Crippen LogP contribution < -0.4 is 26.0 Å². The molecule has 1 aliphatic heterocycles. The van der Waals surface area contributed by atoms with Crippen LogP contribution in [0.1, 0.15) is 29.2 Å². The summed E-state index contributed by atoms with van der Waals surface area (Å²) in [5, 5.41) is 21.5. The maximum absolute atomic E-state index is 12.9. The van der Waals surface area contributed by atoms with E-state index in [4.69, 9.17) is 32.8 Å². The van der Waals surface area contributed by atoms with Crippen LogP contribution in [0.25, 0.3) is 11.5 Å². The van der Waals surface area contributed by atoms with Gasteiger partial charge in [0.05, 0.1) is 54.1 Å². The molecule has 0 spiro atoms. The number of rotatable bonds is 10. The number of piperazine rings is 1. The van der Waals surface area contributed by atoms with Gasteiger partial charge in [0, 0.05) is 38.2 Å². The Morgan fingerprint density at radius 1 is 1.18 bits per heavy atom. The predicted octanol–water partition coefficient (Wildman–Crippen LogP) is -0.121. The molecule has 2 amide bonds. The average molecular weight is 537 g/mol. The molecule has 0 unspecified atom stereocenters. The molecular formula is C24H26B3N9O4. The number of anilines is 3. The molecule has 2 aliphatic rings. The normalized spacial score (nSPS) is 15.8. The highest BCUT2D eigenvalue weighted by Crippen LogP contribution is 2.38. The van der Waals surface area contributed by atoms with E-state index in [1.807, 2.05) is 0 Å². The number of hydrogen-bond acceptors (Lipinski definition) is 11. The molecule has 16 heteroatoms. The molecule has 2 aromatic heterocycles. The van der Waals surface area contributed by atoms with Gasteiger partial charge in [0.15, 0.2) is 23.1 Å². The summed E-state index contributed by atoms with van der Waals surface area (Å²) in [6.45, 7) is 4.17. The molecule has 3 heterocycles. The van der Waals surface area contributed by atoms with E-state index in [0.717, 1.165) is 39.0 Å². The molecule has 1 aliphatic carbocycles. The van der Waals surface area contributed by atoms with Gasteiger partial charge in [-0.25, -0.2) is 0 Å². The highest BCUT2D eigenvalue weighted by Gasteiger charge is 2.30. The second kappa shape index (κ2) is 11.7. The van der Waals surface area contributed by atoms with Crippen molar-refractivity contribution in [3.8, 4) is 17.2 Å². The van der Waals surface area contributed by atoms with Crippen LogP contribution in [0.2, 0.25) is 0 Å². The van der Waals surface area contributed by atoms with Gasteiger partial charge < -0.3 is 30.5 Å². The SMILES string of the molecule is [B]C([B])([B])NC(=O)c1nnc(NC(=O)C2CC2)cc1Nc1cccc(-c2nc(CN3CCNCC3)no2)c1OC. The van der Waals surface area contributed by atoms with Crippen molar-refractivity contribution in [3.05, 3.63) is 35.8 Å². The summed E-state index contributed by atoms with van der Waals surface area (Å²) in [5.74, 6) is 0.336. The van der Waals surface area contributed by atoms with Gasteiger partial charge in [0.1, 0.15) is 0 Å². The van der Waals surface area contributed by atoms with Gasteiger partial charge in [0.2, 0.25) is 5.91 Å². The largest absolute Gasteiger partial charge is 0.494 e. The van der Waals surface area contributed by atoms with E-state index in [1.54, 1.807) is 18.2 Å². The van der Waals surface area contributed by atoms with Crippen molar-refractivity contribution in [2.24, 2.45) is 5.92 Å². The minimum Gasteiger partial charge on any atom is -0.494 e. The minimum atomic E-state index is -1.99. The third-order valence-electron chi connectivity index (χ3n) is 6.30. The third kappa shape index (κ3) is 6.80. The number of nitrogens with zero attached hydrogens (tertiary/aromatic N) is 5. The lowest BCUT2D eigenvalue weighted by atomic mass is 9.49.